The van der Waals surface area contributed by atoms with Crippen LogP contribution in [0, 0.1) is 6.92 Å². The molecule has 0 aliphatic carbocycles. The molecule has 0 spiro atoms. The van der Waals surface area contributed by atoms with E-state index in [4.69, 9.17) is 9.47 Å². The Kier molecular flexibility index (Phi) is 4.51. The molecule has 0 saturated carbocycles. The van der Waals surface area contributed by atoms with Gasteiger partial charge < -0.3 is 14.8 Å². The fraction of sp³-hybridized carbons (Fsp3) is 0.316. The maximum absolute atomic E-state index is 12.4. The Labute approximate surface area is 136 Å². The van der Waals surface area contributed by atoms with Crippen molar-refractivity contribution in [2.24, 2.45) is 0 Å². The van der Waals surface area contributed by atoms with Gasteiger partial charge in [-0.05, 0) is 37.6 Å². The van der Waals surface area contributed by atoms with Gasteiger partial charge in [-0.3, -0.25) is 4.79 Å². The van der Waals surface area contributed by atoms with E-state index in [2.05, 4.69) is 5.32 Å². The third-order valence-electron chi connectivity index (χ3n) is 3.95. The maximum Gasteiger partial charge on any atom is 0.261 e. The molecular formula is C19H21NO3. The highest BCUT2D eigenvalue weighted by Gasteiger charge is 2.25. The third kappa shape index (κ3) is 3.65. The molecule has 1 aliphatic rings. The first-order chi connectivity index (χ1) is 11.1. The molecule has 2 aromatic carbocycles. The van der Waals surface area contributed by atoms with Gasteiger partial charge in [0.05, 0.1) is 12.6 Å². The van der Waals surface area contributed by atoms with Crippen LogP contribution in [0.15, 0.2) is 48.5 Å². The summed E-state index contributed by atoms with van der Waals surface area (Å²) in [6.45, 7) is 4.37. The zero-order valence-electron chi connectivity index (χ0n) is 13.4. The van der Waals surface area contributed by atoms with Crippen LogP contribution in [0.1, 0.15) is 30.5 Å². The molecule has 0 bridgehead atoms. The number of nitrogens with one attached hydrogen (secondary N) is 1. The number of hydrogen-bond donors (Lipinski definition) is 1. The Bertz CT molecular complexity index is 699. The monoisotopic (exact) mass is 311 g/mol. The molecule has 120 valence electrons. The fourth-order valence-electron chi connectivity index (χ4n) is 2.73. The van der Waals surface area contributed by atoms with Crippen LogP contribution < -0.4 is 14.8 Å². The van der Waals surface area contributed by atoms with Crippen LogP contribution in [0.2, 0.25) is 0 Å². The number of rotatable bonds is 4. The van der Waals surface area contributed by atoms with Gasteiger partial charge in [-0.1, -0.05) is 30.3 Å². The standard InChI is InChI=1S/C19H21NO3/c1-13-6-5-7-15(12-13)23-14(2)19(21)20-17-10-11-22-18-9-4-3-8-16(17)18/h3-9,12,14,17H,10-11H2,1-2H3,(H,20,21)/t14-,17-/m1/s1. The van der Waals surface area contributed by atoms with E-state index in [1.165, 1.54) is 0 Å². The molecule has 0 fully saturated rings. The van der Waals surface area contributed by atoms with Crippen LogP contribution in [0.5, 0.6) is 11.5 Å². The lowest BCUT2D eigenvalue weighted by Crippen LogP contribution is -2.40. The minimum Gasteiger partial charge on any atom is -0.493 e. The average molecular weight is 311 g/mol. The van der Waals surface area contributed by atoms with Gasteiger partial charge in [0.15, 0.2) is 6.10 Å². The summed E-state index contributed by atoms with van der Waals surface area (Å²) in [6, 6.07) is 15.5. The van der Waals surface area contributed by atoms with Gasteiger partial charge in [-0.25, -0.2) is 0 Å². The zero-order valence-corrected chi connectivity index (χ0v) is 13.4. The lowest BCUT2D eigenvalue weighted by molar-refractivity contribution is -0.128. The molecule has 2 atom stereocenters. The van der Waals surface area contributed by atoms with Crippen molar-refractivity contribution >= 4 is 5.91 Å². The molecule has 1 amide bonds. The number of fused-ring (bicyclic) bond motifs is 1. The van der Waals surface area contributed by atoms with Gasteiger partial charge in [0, 0.05) is 12.0 Å². The summed E-state index contributed by atoms with van der Waals surface area (Å²) in [4.78, 5) is 12.4. The number of carbonyl (C=O) groups is 1. The smallest absolute Gasteiger partial charge is 0.261 e. The van der Waals surface area contributed by atoms with E-state index in [1.54, 1.807) is 6.92 Å². The van der Waals surface area contributed by atoms with Crippen LogP contribution in [0.25, 0.3) is 0 Å². The topological polar surface area (TPSA) is 47.6 Å². The zero-order chi connectivity index (χ0) is 16.2. The molecule has 4 nitrogen and oxygen atoms in total. The highest BCUT2D eigenvalue weighted by Crippen LogP contribution is 2.31. The van der Waals surface area contributed by atoms with Crippen LogP contribution >= 0.6 is 0 Å². The van der Waals surface area contributed by atoms with Crippen molar-refractivity contribution in [3.63, 3.8) is 0 Å². The Hall–Kier alpha value is -2.49. The molecule has 3 rings (SSSR count). The number of hydrogen-bond acceptors (Lipinski definition) is 3. The predicted octanol–water partition coefficient (Wildman–Crippen LogP) is 3.40. The summed E-state index contributed by atoms with van der Waals surface area (Å²) >= 11 is 0. The van der Waals surface area contributed by atoms with Crippen molar-refractivity contribution in [1.82, 2.24) is 5.32 Å². The van der Waals surface area contributed by atoms with E-state index < -0.39 is 6.10 Å². The Morgan fingerprint density at radius 1 is 1.26 bits per heavy atom. The van der Waals surface area contributed by atoms with Crippen LogP contribution in [0.3, 0.4) is 0 Å². The van der Waals surface area contributed by atoms with Gasteiger partial charge in [0.25, 0.3) is 5.91 Å². The molecule has 23 heavy (non-hydrogen) atoms. The summed E-state index contributed by atoms with van der Waals surface area (Å²) in [6.07, 6.45) is 0.215. The number of ether oxygens (including phenoxy) is 2. The quantitative estimate of drug-likeness (QED) is 0.941. The lowest BCUT2D eigenvalue weighted by atomic mass is 10.0. The highest BCUT2D eigenvalue weighted by atomic mass is 16.5. The average Bonchev–Trinajstić information content (AvgIpc) is 2.55. The van der Waals surface area contributed by atoms with E-state index in [1.807, 2.05) is 55.5 Å². The van der Waals surface area contributed by atoms with E-state index in [0.29, 0.717) is 12.4 Å². The first-order valence-electron chi connectivity index (χ1n) is 7.89. The van der Waals surface area contributed by atoms with Crippen molar-refractivity contribution in [2.45, 2.75) is 32.4 Å². The van der Waals surface area contributed by atoms with Crippen molar-refractivity contribution < 1.29 is 14.3 Å². The molecular weight excluding hydrogens is 290 g/mol. The van der Waals surface area contributed by atoms with Gasteiger partial charge in [-0.2, -0.15) is 0 Å². The molecule has 1 N–H and O–H groups in total. The minimum atomic E-state index is -0.549. The maximum atomic E-state index is 12.4. The molecule has 4 heteroatoms. The largest absolute Gasteiger partial charge is 0.493 e. The number of aryl methyl sites for hydroxylation is 1. The van der Waals surface area contributed by atoms with Crippen LogP contribution in [-0.4, -0.2) is 18.6 Å². The molecule has 0 aromatic heterocycles. The van der Waals surface area contributed by atoms with Gasteiger partial charge in [-0.15, -0.1) is 0 Å². The summed E-state index contributed by atoms with van der Waals surface area (Å²) in [5.41, 5.74) is 2.13. The van der Waals surface area contributed by atoms with Crippen molar-refractivity contribution in [1.29, 1.82) is 0 Å². The minimum absolute atomic E-state index is 0.0315. The van der Waals surface area contributed by atoms with Crippen LogP contribution in [-0.2, 0) is 4.79 Å². The van der Waals surface area contributed by atoms with Gasteiger partial charge >= 0.3 is 0 Å². The van der Waals surface area contributed by atoms with E-state index in [9.17, 15) is 4.79 Å². The summed E-state index contributed by atoms with van der Waals surface area (Å²) in [5.74, 6) is 1.43. The van der Waals surface area contributed by atoms with Crippen molar-refractivity contribution in [3.8, 4) is 11.5 Å². The second kappa shape index (κ2) is 6.73. The molecule has 2 aromatic rings. The van der Waals surface area contributed by atoms with Crippen molar-refractivity contribution in [2.75, 3.05) is 6.61 Å². The third-order valence-corrected chi connectivity index (χ3v) is 3.95. The van der Waals surface area contributed by atoms with Gasteiger partial charge in [0.2, 0.25) is 0 Å². The lowest BCUT2D eigenvalue weighted by Gasteiger charge is -2.27. The Balaban J connectivity index is 1.65. The number of amides is 1. The summed E-state index contributed by atoms with van der Waals surface area (Å²) < 4.78 is 11.4. The van der Waals surface area contributed by atoms with E-state index in [-0.39, 0.29) is 11.9 Å². The molecule has 1 aliphatic heterocycles. The molecule has 0 radical (unpaired) electrons. The Morgan fingerprint density at radius 3 is 2.91 bits per heavy atom. The first-order valence-corrected chi connectivity index (χ1v) is 7.89. The molecule has 1 heterocycles. The van der Waals surface area contributed by atoms with Crippen LogP contribution in [0.4, 0.5) is 0 Å². The Morgan fingerprint density at radius 2 is 2.09 bits per heavy atom. The molecule has 0 unspecified atom stereocenters. The summed E-state index contributed by atoms with van der Waals surface area (Å²) in [5, 5.41) is 3.07. The second-order valence-corrected chi connectivity index (χ2v) is 5.81. The predicted molar refractivity (Wildman–Crippen MR) is 88.7 cm³/mol. The van der Waals surface area contributed by atoms with E-state index >= 15 is 0 Å². The van der Waals surface area contributed by atoms with Gasteiger partial charge in [0.1, 0.15) is 11.5 Å². The highest BCUT2D eigenvalue weighted by molar-refractivity contribution is 5.81. The normalized spacial score (nSPS) is 17.6. The SMILES string of the molecule is Cc1cccc(O[C@H](C)C(=O)N[C@@H]2CCOc3ccccc32)c1. The van der Waals surface area contributed by atoms with Crippen molar-refractivity contribution in [3.05, 3.63) is 59.7 Å². The summed E-state index contributed by atoms with van der Waals surface area (Å²) in [7, 11) is 0. The number of benzene rings is 2. The molecule has 0 saturated heterocycles. The second-order valence-electron chi connectivity index (χ2n) is 5.81. The van der Waals surface area contributed by atoms with E-state index in [0.717, 1.165) is 23.3 Å². The number of para-hydroxylation sites is 1. The fourth-order valence-corrected chi connectivity index (χ4v) is 2.73. The number of carbonyl (C=O) groups excluding carboxylic acids is 1. The first kappa shape index (κ1) is 15.4.